The molecule has 5 rings (SSSR count). The Kier molecular flexibility index (Phi) is 6.24. The van der Waals surface area contributed by atoms with E-state index in [9.17, 15) is 13.6 Å². The lowest BCUT2D eigenvalue weighted by Gasteiger charge is -2.35. The van der Waals surface area contributed by atoms with Crippen molar-refractivity contribution in [1.29, 1.82) is 0 Å². The van der Waals surface area contributed by atoms with Crippen LogP contribution in [0, 0.1) is 11.6 Å². The van der Waals surface area contributed by atoms with Crippen molar-refractivity contribution in [2.45, 2.75) is 44.1 Å². The second-order valence-electron chi connectivity index (χ2n) is 8.75. The van der Waals surface area contributed by atoms with Gasteiger partial charge in [-0.3, -0.25) is 9.52 Å². The first-order valence-electron chi connectivity index (χ1n) is 11.3. The fraction of sp³-hybridized carbons (Fsp3) is 0.458. The van der Waals surface area contributed by atoms with E-state index in [0.717, 1.165) is 63.0 Å². The van der Waals surface area contributed by atoms with Crippen LogP contribution >= 0.6 is 12.1 Å². The summed E-state index contributed by atoms with van der Waals surface area (Å²) >= 11 is 1.24. The Labute approximate surface area is 191 Å². The summed E-state index contributed by atoms with van der Waals surface area (Å²) in [6.07, 6.45) is 4.90. The van der Waals surface area contributed by atoms with Gasteiger partial charge in [0.25, 0.3) is 5.91 Å². The molecule has 2 aliphatic heterocycles. The van der Waals surface area contributed by atoms with Crippen LogP contribution in [0.15, 0.2) is 36.4 Å². The van der Waals surface area contributed by atoms with Crippen LogP contribution in [0.25, 0.3) is 0 Å². The number of carbonyl (C=O) groups is 1. The van der Waals surface area contributed by atoms with Crippen molar-refractivity contribution < 1.29 is 18.3 Å². The fourth-order valence-electron chi connectivity index (χ4n) is 4.20. The van der Waals surface area contributed by atoms with Crippen LogP contribution < -0.4 is 14.4 Å². The number of nitrogens with one attached hydrogen (secondary N) is 1. The number of nitrogens with zero attached hydrogens (tertiary/aromatic N) is 2. The first kappa shape index (κ1) is 21.5. The zero-order valence-electron chi connectivity index (χ0n) is 17.9. The van der Waals surface area contributed by atoms with Crippen molar-refractivity contribution in [2.75, 3.05) is 31.1 Å². The van der Waals surface area contributed by atoms with Crippen LogP contribution in [0.1, 0.15) is 53.9 Å². The SMILES string of the molecule is O=C(NSN1CCC1)c1cc(C2CC2)c(O[C@@H]2CCCN(c3ccc(F)cc3)C2)cc1F. The number of rotatable bonds is 7. The van der Waals surface area contributed by atoms with Crippen molar-refractivity contribution in [2.24, 2.45) is 0 Å². The first-order valence-corrected chi connectivity index (χ1v) is 12.1. The van der Waals surface area contributed by atoms with Crippen LogP contribution in [0.5, 0.6) is 5.75 Å². The molecule has 1 amide bonds. The van der Waals surface area contributed by atoms with Gasteiger partial charge in [0.1, 0.15) is 23.5 Å². The summed E-state index contributed by atoms with van der Waals surface area (Å²) in [6, 6.07) is 9.54. The van der Waals surface area contributed by atoms with E-state index in [-0.39, 0.29) is 17.5 Å². The average molecular weight is 460 g/mol. The van der Waals surface area contributed by atoms with Crippen molar-refractivity contribution in [3.05, 3.63) is 59.2 Å². The lowest BCUT2D eigenvalue weighted by Crippen LogP contribution is -2.41. The third-order valence-electron chi connectivity index (χ3n) is 6.31. The molecule has 0 bridgehead atoms. The van der Waals surface area contributed by atoms with E-state index in [0.29, 0.717) is 18.2 Å². The molecule has 2 aromatic rings. The predicted molar refractivity (Wildman–Crippen MR) is 122 cm³/mol. The topological polar surface area (TPSA) is 44.8 Å². The van der Waals surface area contributed by atoms with Crippen molar-refractivity contribution in [3.8, 4) is 5.75 Å². The second kappa shape index (κ2) is 9.27. The maximum absolute atomic E-state index is 14.9. The highest BCUT2D eigenvalue weighted by Gasteiger charge is 2.31. The molecule has 3 aliphatic rings. The Morgan fingerprint density at radius 3 is 2.50 bits per heavy atom. The van der Waals surface area contributed by atoms with Crippen molar-refractivity contribution >= 4 is 23.7 Å². The molecular formula is C24H27F2N3O2S. The molecule has 0 spiro atoms. The Morgan fingerprint density at radius 1 is 1.03 bits per heavy atom. The molecule has 5 nitrogen and oxygen atoms in total. The summed E-state index contributed by atoms with van der Waals surface area (Å²) in [5, 5.41) is 0. The van der Waals surface area contributed by atoms with E-state index in [1.54, 1.807) is 18.2 Å². The maximum atomic E-state index is 14.9. The maximum Gasteiger partial charge on any atom is 0.265 e. The first-order chi connectivity index (χ1) is 15.6. The molecule has 1 saturated carbocycles. The number of piperidine rings is 1. The van der Waals surface area contributed by atoms with Gasteiger partial charge in [-0.25, -0.2) is 13.1 Å². The summed E-state index contributed by atoms with van der Waals surface area (Å²) in [6.45, 7) is 3.41. The Bertz CT molecular complexity index is 980. The molecule has 0 aromatic heterocycles. The van der Waals surface area contributed by atoms with Crippen molar-refractivity contribution in [3.63, 3.8) is 0 Å². The lowest BCUT2D eigenvalue weighted by molar-refractivity contribution is 0.0978. The summed E-state index contributed by atoms with van der Waals surface area (Å²) in [7, 11) is 0. The highest BCUT2D eigenvalue weighted by molar-refractivity contribution is 7.95. The van der Waals surface area contributed by atoms with E-state index in [2.05, 4.69) is 9.62 Å². The molecule has 8 heteroatoms. The molecular weight excluding hydrogens is 432 g/mol. The third-order valence-corrected chi connectivity index (χ3v) is 7.21. The smallest absolute Gasteiger partial charge is 0.265 e. The zero-order chi connectivity index (χ0) is 22.1. The van der Waals surface area contributed by atoms with Crippen molar-refractivity contribution in [1.82, 2.24) is 9.03 Å². The van der Waals surface area contributed by atoms with Gasteiger partial charge in [-0.15, -0.1) is 0 Å². The average Bonchev–Trinajstić information content (AvgIpc) is 3.59. The summed E-state index contributed by atoms with van der Waals surface area (Å²) in [4.78, 5) is 14.7. The monoisotopic (exact) mass is 459 g/mol. The van der Waals surface area contributed by atoms with Gasteiger partial charge < -0.3 is 9.64 Å². The molecule has 2 aromatic carbocycles. The molecule has 1 N–H and O–H groups in total. The van der Waals surface area contributed by atoms with Gasteiger partial charge in [-0.1, -0.05) is 0 Å². The number of benzene rings is 2. The van der Waals surface area contributed by atoms with E-state index < -0.39 is 11.7 Å². The van der Waals surface area contributed by atoms with Crippen LogP contribution in [-0.2, 0) is 0 Å². The minimum absolute atomic E-state index is 0.0730. The van der Waals surface area contributed by atoms with Gasteiger partial charge in [0.15, 0.2) is 0 Å². The minimum atomic E-state index is -0.558. The number of ether oxygens (including phenoxy) is 1. The Hall–Kier alpha value is -2.32. The molecule has 32 heavy (non-hydrogen) atoms. The molecule has 3 fully saturated rings. The van der Waals surface area contributed by atoms with E-state index in [1.807, 2.05) is 4.31 Å². The number of hydrogen-bond donors (Lipinski definition) is 1. The molecule has 2 saturated heterocycles. The van der Waals surface area contributed by atoms with E-state index in [1.165, 1.54) is 30.3 Å². The quantitative estimate of drug-likeness (QED) is 0.598. The number of halogens is 2. The van der Waals surface area contributed by atoms with Crippen LogP contribution in [0.2, 0.25) is 0 Å². The Balaban J connectivity index is 1.30. The molecule has 2 heterocycles. The highest BCUT2D eigenvalue weighted by atomic mass is 32.2. The molecule has 170 valence electrons. The largest absolute Gasteiger partial charge is 0.488 e. The number of hydrogen-bond acceptors (Lipinski definition) is 5. The van der Waals surface area contributed by atoms with E-state index in [4.69, 9.17) is 4.74 Å². The number of amides is 1. The Morgan fingerprint density at radius 2 is 1.81 bits per heavy atom. The number of anilines is 1. The molecule has 1 aliphatic carbocycles. The molecule has 0 radical (unpaired) electrons. The standard InChI is InChI=1S/C24H27F2N3O2S/c25-17-6-8-18(9-7-17)28-10-1-3-19(15-28)31-23-14-22(26)21(13-20(23)16-4-5-16)24(30)27-32-29-11-2-12-29/h6-9,13-14,16,19H,1-5,10-12,15H2,(H,27,30)/t19-/m1/s1. The predicted octanol–water partition coefficient (Wildman–Crippen LogP) is 4.89. The van der Waals surface area contributed by atoms with Gasteiger partial charge in [0, 0.05) is 43.5 Å². The summed E-state index contributed by atoms with van der Waals surface area (Å²) in [5.41, 5.74) is 1.95. The van der Waals surface area contributed by atoms with Gasteiger partial charge in [0.05, 0.1) is 12.1 Å². The third kappa shape index (κ3) is 4.86. The van der Waals surface area contributed by atoms with Gasteiger partial charge >= 0.3 is 0 Å². The second-order valence-corrected chi connectivity index (χ2v) is 9.66. The lowest BCUT2D eigenvalue weighted by atomic mass is 10.0. The van der Waals surface area contributed by atoms with Gasteiger partial charge in [-0.2, -0.15) is 0 Å². The highest BCUT2D eigenvalue weighted by Crippen LogP contribution is 2.45. The van der Waals surface area contributed by atoms with E-state index >= 15 is 0 Å². The van der Waals surface area contributed by atoms with Gasteiger partial charge in [0.2, 0.25) is 0 Å². The summed E-state index contributed by atoms with van der Waals surface area (Å²) < 4.78 is 39.3. The van der Waals surface area contributed by atoms with Crippen LogP contribution in [0.3, 0.4) is 0 Å². The molecule has 0 unspecified atom stereocenters. The minimum Gasteiger partial charge on any atom is -0.488 e. The fourth-order valence-corrected chi connectivity index (χ4v) is 4.96. The number of carbonyl (C=O) groups excluding carboxylic acids is 1. The van der Waals surface area contributed by atoms with Crippen LogP contribution in [-0.4, -0.2) is 42.5 Å². The van der Waals surface area contributed by atoms with Gasteiger partial charge in [-0.05, 0) is 73.9 Å². The molecule has 1 atom stereocenters. The zero-order valence-corrected chi connectivity index (χ0v) is 18.7. The normalized spacial score (nSPS) is 21.2. The summed E-state index contributed by atoms with van der Waals surface area (Å²) in [5.74, 6) is -0.360. The van der Waals surface area contributed by atoms with Crippen LogP contribution in [0.4, 0.5) is 14.5 Å².